The Morgan fingerprint density at radius 1 is 1.44 bits per heavy atom. The van der Waals surface area contributed by atoms with E-state index < -0.39 is 0 Å². The molecule has 0 radical (unpaired) electrons. The Balaban J connectivity index is 2.21. The van der Waals surface area contributed by atoms with E-state index in [1.807, 2.05) is 6.92 Å². The number of Topliss-reactive ketones (excluding diaryl/α,β-unsaturated/α-hetero) is 1. The molecular formula is C13H12BrFN2O. The van der Waals surface area contributed by atoms with E-state index in [1.54, 1.807) is 29.9 Å². The second-order valence-corrected chi connectivity index (χ2v) is 5.00. The van der Waals surface area contributed by atoms with Gasteiger partial charge in [-0.2, -0.15) is 5.10 Å². The molecule has 1 aromatic carbocycles. The summed E-state index contributed by atoms with van der Waals surface area (Å²) in [6, 6.07) is 6.33. The van der Waals surface area contributed by atoms with E-state index in [1.165, 1.54) is 6.07 Å². The quantitative estimate of drug-likeness (QED) is 0.817. The van der Waals surface area contributed by atoms with E-state index in [2.05, 4.69) is 21.0 Å². The number of carbonyl (C=O) groups is 1. The fourth-order valence-corrected chi connectivity index (χ4v) is 2.22. The summed E-state index contributed by atoms with van der Waals surface area (Å²) in [5.41, 5.74) is 2.14. The molecule has 0 fully saturated rings. The van der Waals surface area contributed by atoms with Crippen LogP contribution in [0.3, 0.4) is 0 Å². The largest absolute Gasteiger partial charge is 0.292 e. The van der Waals surface area contributed by atoms with Gasteiger partial charge in [0.1, 0.15) is 11.5 Å². The zero-order chi connectivity index (χ0) is 13.3. The van der Waals surface area contributed by atoms with Gasteiger partial charge < -0.3 is 0 Å². The summed E-state index contributed by atoms with van der Waals surface area (Å²) in [5, 5.41) is 4.13. The highest BCUT2D eigenvalue weighted by atomic mass is 79.9. The Morgan fingerprint density at radius 3 is 2.72 bits per heavy atom. The molecule has 3 nitrogen and oxygen atoms in total. The second-order valence-electron chi connectivity index (χ2n) is 4.14. The van der Waals surface area contributed by atoms with Gasteiger partial charge in [0.15, 0.2) is 5.78 Å². The summed E-state index contributed by atoms with van der Waals surface area (Å²) in [6.45, 7) is 1.84. The minimum Gasteiger partial charge on any atom is -0.292 e. The van der Waals surface area contributed by atoms with Gasteiger partial charge in [0.2, 0.25) is 0 Å². The Bertz CT molecular complexity index is 607. The highest BCUT2D eigenvalue weighted by Gasteiger charge is 2.13. The highest BCUT2D eigenvalue weighted by Crippen LogP contribution is 2.18. The Kier molecular flexibility index (Phi) is 3.61. The van der Waals surface area contributed by atoms with Crippen molar-refractivity contribution in [2.45, 2.75) is 13.3 Å². The molecule has 2 rings (SSSR count). The molecule has 18 heavy (non-hydrogen) atoms. The number of hydrogen-bond donors (Lipinski definition) is 0. The summed E-state index contributed by atoms with van der Waals surface area (Å²) in [5.74, 6) is -0.362. The van der Waals surface area contributed by atoms with Crippen molar-refractivity contribution in [2.24, 2.45) is 7.05 Å². The van der Waals surface area contributed by atoms with Crippen molar-refractivity contribution >= 4 is 21.7 Å². The van der Waals surface area contributed by atoms with Gasteiger partial charge in [-0.3, -0.25) is 9.48 Å². The van der Waals surface area contributed by atoms with Crippen LogP contribution >= 0.6 is 15.9 Å². The lowest BCUT2D eigenvalue weighted by Crippen LogP contribution is -2.09. The summed E-state index contributed by atoms with van der Waals surface area (Å²) >= 11 is 3.11. The van der Waals surface area contributed by atoms with Crippen LogP contribution in [0.5, 0.6) is 0 Å². The van der Waals surface area contributed by atoms with E-state index in [0.29, 0.717) is 10.2 Å². The molecule has 2 aromatic rings. The Hall–Kier alpha value is -1.49. The average molecular weight is 311 g/mol. The molecule has 0 aliphatic heterocycles. The Morgan fingerprint density at radius 2 is 2.17 bits per heavy atom. The van der Waals surface area contributed by atoms with E-state index in [4.69, 9.17) is 0 Å². The molecule has 0 aliphatic carbocycles. The molecule has 0 aliphatic rings. The first-order chi connectivity index (χ1) is 8.47. The first-order valence-corrected chi connectivity index (χ1v) is 6.24. The van der Waals surface area contributed by atoms with Crippen molar-refractivity contribution in [3.63, 3.8) is 0 Å². The van der Waals surface area contributed by atoms with Crippen LogP contribution in [0.4, 0.5) is 4.39 Å². The van der Waals surface area contributed by atoms with Crippen molar-refractivity contribution in [3.05, 3.63) is 51.5 Å². The standard InChI is InChI=1S/C13H12BrFN2O/c1-8-5-12(17(2)16-8)13(18)7-9-3-4-11(15)10(14)6-9/h3-6H,7H2,1-2H3. The SMILES string of the molecule is Cc1cc(C(=O)Cc2ccc(F)c(Br)c2)n(C)n1. The normalized spacial score (nSPS) is 10.7. The predicted octanol–water partition coefficient (Wildman–Crippen LogP) is 3.06. The minimum absolute atomic E-state index is 0.0309. The second kappa shape index (κ2) is 5.02. The van der Waals surface area contributed by atoms with E-state index in [0.717, 1.165) is 11.3 Å². The molecule has 0 N–H and O–H groups in total. The maximum atomic E-state index is 13.1. The summed E-state index contributed by atoms with van der Waals surface area (Å²) < 4.78 is 15.0. The number of aromatic nitrogens is 2. The fourth-order valence-electron chi connectivity index (χ4n) is 1.80. The molecule has 0 atom stereocenters. The smallest absolute Gasteiger partial charge is 0.185 e. The lowest BCUT2D eigenvalue weighted by Gasteiger charge is -2.03. The van der Waals surface area contributed by atoms with Gasteiger partial charge in [0.05, 0.1) is 10.2 Å². The third kappa shape index (κ3) is 2.67. The number of benzene rings is 1. The van der Waals surface area contributed by atoms with E-state index in [-0.39, 0.29) is 18.0 Å². The van der Waals surface area contributed by atoms with Gasteiger partial charge in [0.25, 0.3) is 0 Å². The van der Waals surface area contributed by atoms with Crippen molar-refractivity contribution in [1.29, 1.82) is 0 Å². The Labute approximate surface area is 113 Å². The van der Waals surface area contributed by atoms with Crippen LogP contribution in [0.25, 0.3) is 0 Å². The molecule has 94 valence electrons. The number of nitrogens with zero attached hydrogens (tertiary/aromatic N) is 2. The number of carbonyl (C=O) groups excluding carboxylic acids is 1. The number of ketones is 1. The molecule has 0 saturated heterocycles. The van der Waals surface area contributed by atoms with Gasteiger partial charge in [0, 0.05) is 13.5 Å². The van der Waals surface area contributed by atoms with Gasteiger partial charge in [-0.05, 0) is 46.6 Å². The van der Waals surface area contributed by atoms with Gasteiger partial charge >= 0.3 is 0 Å². The number of halogens is 2. The molecule has 0 amide bonds. The fraction of sp³-hybridized carbons (Fsp3) is 0.231. The third-order valence-corrected chi connectivity index (χ3v) is 3.24. The van der Waals surface area contributed by atoms with Crippen LogP contribution < -0.4 is 0 Å². The maximum Gasteiger partial charge on any atom is 0.185 e. The molecule has 1 heterocycles. The summed E-state index contributed by atoms with van der Waals surface area (Å²) in [7, 11) is 1.74. The molecule has 5 heteroatoms. The molecule has 0 bridgehead atoms. The van der Waals surface area contributed by atoms with Crippen LogP contribution in [0, 0.1) is 12.7 Å². The molecule has 0 spiro atoms. The lowest BCUT2D eigenvalue weighted by atomic mass is 10.1. The highest BCUT2D eigenvalue weighted by molar-refractivity contribution is 9.10. The molecule has 1 aromatic heterocycles. The lowest BCUT2D eigenvalue weighted by molar-refractivity contribution is 0.0984. The van der Waals surface area contributed by atoms with E-state index >= 15 is 0 Å². The van der Waals surface area contributed by atoms with Crippen LogP contribution in [-0.4, -0.2) is 15.6 Å². The van der Waals surface area contributed by atoms with Crippen LogP contribution in [-0.2, 0) is 13.5 Å². The van der Waals surface area contributed by atoms with Crippen molar-refractivity contribution in [1.82, 2.24) is 9.78 Å². The first kappa shape index (κ1) is 13.0. The van der Waals surface area contributed by atoms with Crippen LogP contribution in [0.2, 0.25) is 0 Å². The third-order valence-electron chi connectivity index (χ3n) is 2.64. The van der Waals surface area contributed by atoms with E-state index in [9.17, 15) is 9.18 Å². The summed E-state index contributed by atoms with van der Waals surface area (Å²) in [4.78, 5) is 12.1. The summed E-state index contributed by atoms with van der Waals surface area (Å²) in [6.07, 6.45) is 0.234. The maximum absolute atomic E-state index is 13.1. The van der Waals surface area contributed by atoms with Crippen LogP contribution in [0.15, 0.2) is 28.7 Å². The monoisotopic (exact) mass is 310 g/mol. The predicted molar refractivity (Wildman–Crippen MR) is 70.1 cm³/mol. The number of hydrogen-bond acceptors (Lipinski definition) is 2. The minimum atomic E-state index is -0.331. The zero-order valence-electron chi connectivity index (χ0n) is 10.1. The average Bonchev–Trinajstić information content (AvgIpc) is 2.63. The van der Waals surface area contributed by atoms with Gasteiger partial charge in [-0.1, -0.05) is 6.07 Å². The first-order valence-electron chi connectivity index (χ1n) is 5.45. The number of rotatable bonds is 3. The van der Waals surface area contributed by atoms with Gasteiger partial charge in [-0.15, -0.1) is 0 Å². The van der Waals surface area contributed by atoms with Crippen molar-refractivity contribution in [3.8, 4) is 0 Å². The van der Waals surface area contributed by atoms with Crippen LogP contribution in [0.1, 0.15) is 21.7 Å². The topological polar surface area (TPSA) is 34.9 Å². The molecule has 0 saturated carbocycles. The molecule has 0 unspecified atom stereocenters. The molecular weight excluding hydrogens is 299 g/mol. The zero-order valence-corrected chi connectivity index (χ0v) is 11.7. The van der Waals surface area contributed by atoms with Crippen molar-refractivity contribution < 1.29 is 9.18 Å². The van der Waals surface area contributed by atoms with Gasteiger partial charge in [-0.25, -0.2) is 4.39 Å². The number of aryl methyl sites for hydroxylation is 2. The van der Waals surface area contributed by atoms with Crippen molar-refractivity contribution in [2.75, 3.05) is 0 Å².